The highest BCUT2D eigenvalue weighted by Crippen LogP contribution is 2.67. The lowest BCUT2D eigenvalue weighted by Crippen LogP contribution is -2.62. The van der Waals surface area contributed by atoms with Gasteiger partial charge in [0.1, 0.15) is 11.6 Å². The van der Waals surface area contributed by atoms with E-state index in [9.17, 15) is 29.4 Å². The first-order valence-corrected chi connectivity index (χ1v) is 12.6. The molecule has 186 valence electrons. The first-order chi connectivity index (χ1) is 16.0. The molecule has 5 aliphatic rings. The minimum absolute atomic E-state index is 0.0000622. The summed E-state index contributed by atoms with van der Waals surface area (Å²) in [6.07, 6.45) is 5.79. The van der Waals surface area contributed by atoms with Crippen LogP contribution in [0, 0.1) is 28.6 Å². The highest BCUT2D eigenvalue weighted by Gasteiger charge is 2.68. The smallest absolute Gasteiger partial charge is 0.329 e. The molecule has 1 aliphatic heterocycles. The maximum atomic E-state index is 13.3. The summed E-state index contributed by atoms with van der Waals surface area (Å²) in [5.74, 6) is -1.03. The average Bonchev–Trinajstić information content (AvgIpc) is 3.33. The third-order valence-corrected chi connectivity index (χ3v) is 10.1. The third-order valence-electron chi connectivity index (χ3n) is 10.1. The molecule has 4 aliphatic carbocycles. The van der Waals surface area contributed by atoms with Crippen molar-refractivity contribution < 1.29 is 34.1 Å². The number of amides is 1. The van der Waals surface area contributed by atoms with Crippen molar-refractivity contribution in [3.63, 3.8) is 0 Å². The van der Waals surface area contributed by atoms with Crippen molar-refractivity contribution in [1.29, 1.82) is 0 Å². The second-order valence-electron chi connectivity index (χ2n) is 11.7. The molecule has 3 saturated carbocycles. The minimum atomic E-state index is -1.68. The van der Waals surface area contributed by atoms with E-state index in [0.29, 0.717) is 25.7 Å². The van der Waals surface area contributed by atoms with Gasteiger partial charge in [0.15, 0.2) is 12.4 Å². The van der Waals surface area contributed by atoms with E-state index >= 15 is 0 Å². The molecular weight excluding hydrogens is 438 g/mol. The summed E-state index contributed by atoms with van der Waals surface area (Å²) in [5.41, 5.74) is -1.59. The van der Waals surface area contributed by atoms with Gasteiger partial charge in [-0.1, -0.05) is 19.4 Å². The summed E-state index contributed by atoms with van der Waals surface area (Å²) in [4.78, 5) is 48.9. The van der Waals surface area contributed by atoms with Crippen LogP contribution < -0.4 is 5.32 Å². The Morgan fingerprint density at radius 3 is 2.59 bits per heavy atom. The van der Waals surface area contributed by atoms with Gasteiger partial charge in [-0.15, -0.1) is 0 Å². The van der Waals surface area contributed by atoms with Crippen LogP contribution in [0.4, 0.5) is 0 Å². The molecule has 0 aromatic heterocycles. The summed E-state index contributed by atoms with van der Waals surface area (Å²) in [6.45, 7) is 3.53. The Kier molecular flexibility index (Phi) is 5.56. The minimum Gasteiger partial charge on any atom is -0.456 e. The summed E-state index contributed by atoms with van der Waals surface area (Å²) < 4.78 is 5.20. The van der Waals surface area contributed by atoms with Crippen LogP contribution >= 0.6 is 0 Å². The molecule has 0 bridgehead atoms. The first-order valence-electron chi connectivity index (χ1n) is 12.6. The lowest BCUT2D eigenvalue weighted by molar-refractivity contribution is -0.184. The molecule has 0 aromatic rings. The molecule has 34 heavy (non-hydrogen) atoms. The molecule has 1 amide bonds. The van der Waals surface area contributed by atoms with Gasteiger partial charge >= 0.3 is 5.97 Å². The van der Waals surface area contributed by atoms with Crippen molar-refractivity contribution in [3.8, 4) is 0 Å². The van der Waals surface area contributed by atoms with E-state index in [0.717, 1.165) is 24.8 Å². The monoisotopic (exact) mass is 473 g/mol. The van der Waals surface area contributed by atoms with Crippen LogP contribution in [0.1, 0.15) is 71.6 Å². The van der Waals surface area contributed by atoms with Crippen molar-refractivity contribution in [2.45, 2.75) is 89.4 Å². The van der Waals surface area contributed by atoms with Crippen molar-refractivity contribution in [1.82, 2.24) is 5.32 Å². The summed E-state index contributed by atoms with van der Waals surface area (Å²) in [5, 5.41) is 25.7. The van der Waals surface area contributed by atoms with Crippen molar-refractivity contribution in [3.05, 3.63) is 11.6 Å². The van der Waals surface area contributed by atoms with Crippen LogP contribution in [-0.2, 0) is 23.9 Å². The fourth-order valence-electron chi connectivity index (χ4n) is 8.30. The number of carbonyl (C=O) groups excluding carboxylic acids is 4. The number of hydrogen-bond acceptors (Lipinski definition) is 7. The first kappa shape index (κ1) is 23.7. The number of aliphatic hydroxyl groups excluding tert-OH is 1. The summed E-state index contributed by atoms with van der Waals surface area (Å²) in [7, 11) is 0. The van der Waals surface area contributed by atoms with Gasteiger partial charge in [0, 0.05) is 18.3 Å². The van der Waals surface area contributed by atoms with Gasteiger partial charge in [-0.05, 0) is 74.2 Å². The zero-order chi connectivity index (χ0) is 24.5. The van der Waals surface area contributed by atoms with Crippen LogP contribution in [-0.4, -0.2) is 58.0 Å². The predicted octanol–water partition coefficient (Wildman–Crippen LogP) is 1.61. The number of ether oxygens (including phenoxy) is 1. The fourth-order valence-corrected chi connectivity index (χ4v) is 8.30. The third kappa shape index (κ3) is 3.32. The Labute approximate surface area is 199 Å². The molecule has 0 unspecified atom stereocenters. The zero-order valence-electron chi connectivity index (χ0n) is 20.0. The molecule has 0 radical (unpaired) electrons. The highest BCUT2D eigenvalue weighted by molar-refractivity contribution is 5.93. The van der Waals surface area contributed by atoms with E-state index < -0.39 is 41.5 Å². The van der Waals surface area contributed by atoms with E-state index in [2.05, 4.69) is 12.2 Å². The molecule has 1 saturated heterocycles. The molecule has 3 N–H and O–H groups in total. The van der Waals surface area contributed by atoms with E-state index in [1.165, 1.54) is 0 Å². The number of rotatable bonds is 4. The number of Topliss-reactive ketones (excluding diaryl/α,β-unsaturated/α-hetero) is 1. The maximum Gasteiger partial charge on any atom is 0.329 e. The van der Waals surface area contributed by atoms with Crippen LogP contribution in [0.2, 0.25) is 0 Å². The van der Waals surface area contributed by atoms with E-state index in [4.69, 9.17) is 4.74 Å². The zero-order valence-corrected chi connectivity index (χ0v) is 20.0. The van der Waals surface area contributed by atoms with E-state index in [1.54, 1.807) is 6.08 Å². The van der Waals surface area contributed by atoms with Crippen molar-refractivity contribution in [2.24, 2.45) is 28.6 Å². The Hall–Kier alpha value is -2.06. The average molecular weight is 474 g/mol. The summed E-state index contributed by atoms with van der Waals surface area (Å²) >= 11 is 0. The molecule has 0 spiro atoms. The van der Waals surface area contributed by atoms with Gasteiger partial charge in [0.25, 0.3) is 0 Å². The molecule has 4 fully saturated rings. The second-order valence-corrected chi connectivity index (χ2v) is 11.7. The number of esters is 1. The molecular formula is C26H35NO7. The number of carbonyl (C=O) groups is 4. The molecule has 8 atom stereocenters. The number of nitrogens with one attached hydrogen (secondary N) is 1. The number of aliphatic hydroxyl groups is 2. The van der Waals surface area contributed by atoms with Gasteiger partial charge < -0.3 is 20.3 Å². The Balaban J connectivity index is 1.34. The quantitative estimate of drug-likeness (QED) is 0.529. The maximum absolute atomic E-state index is 13.3. The molecule has 8 heteroatoms. The van der Waals surface area contributed by atoms with Crippen LogP contribution in [0.15, 0.2) is 11.6 Å². The van der Waals surface area contributed by atoms with Crippen LogP contribution in [0.3, 0.4) is 0 Å². The standard InChI is InChI=1S/C26H35NO7/c1-24-9-7-15(28)11-14(24)3-4-16-17-8-10-26(33,25(17,2)12-19(29)22(16)24)20(30)13-34-23(32)18-5-6-21(31)27-18/h11,16-19,22,29,33H,3-10,12-13H2,1-2H3,(H,27,31)/t16-,17-,18-,19-,22+,24-,25-,26-/m0/s1. The lowest BCUT2D eigenvalue weighted by atomic mass is 9.45. The topological polar surface area (TPSA) is 130 Å². The lowest BCUT2D eigenvalue weighted by Gasteiger charge is -2.60. The van der Waals surface area contributed by atoms with Gasteiger partial charge in [-0.3, -0.25) is 14.4 Å². The summed E-state index contributed by atoms with van der Waals surface area (Å²) in [6, 6.07) is -0.744. The number of fused-ring (bicyclic) bond motifs is 5. The number of ketones is 2. The molecule has 8 nitrogen and oxygen atoms in total. The van der Waals surface area contributed by atoms with E-state index in [1.807, 2.05) is 6.92 Å². The van der Waals surface area contributed by atoms with Crippen molar-refractivity contribution in [2.75, 3.05) is 6.61 Å². The number of hydrogen-bond donors (Lipinski definition) is 3. The largest absolute Gasteiger partial charge is 0.456 e. The van der Waals surface area contributed by atoms with Crippen LogP contribution in [0.25, 0.3) is 0 Å². The predicted molar refractivity (Wildman–Crippen MR) is 120 cm³/mol. The normalized spacial score (nSPS) is 45.5. The van der Waals surface area contributed by atoms with Crippen molar-refractivity contribution >= 4 is 23.4 Å². The fraction of sp³-hybridized carbons (Fsp3) is 0.769. The molecule has 1 heterocycles. The Morgan fingerprint density at radius 1 is 1.12 bits per heavy atom. The Bertz CT molecular complexity index is 974. The SMILES string of the molecule is C[C@]12CCC(=O)C=C1CC[C@@H]1[C@@H]2[C@@H](O)C[C@@]2(C)[C@H]1CC[C@]2(O)C(=O)COC(=O)[C@@H]1CCC(=O)N1. The molecule has 0 aromatic carbocycles. The van der Waals surface area contributed by atoms with Gasteiger partial charge in [-0.2, -0.15) is 0 Å². The van der Waals surface area contributed by atoms with Crippen LogP contribution in [0.5, 0.6) is 0 Å². The highest BCUT2D eigenvalue weighted by atomic mass is 16.5. The second kappa shape index (κ2) is 7.98. The number of allylic oxidation sites excluding steroid dienone is 1. The van der Waals surface area contributed by atoms with Gasteiger partial charge in [0.05, 0.1) is 6.10 Å². The van der Waals surface area contributed by atoms with Gasteiger partial charge in [-0.25, -0.2) is 4.79 Å². The van der Waals surface area contributed by atoms with E-state index in [-0.39, 0.29) is 47.7 Å². The molecule has 5 rings (SSSR count). The van der Waals surface area contributed by atoms with Gasteiger partial charge in [0.2, 0.25) is 11.7 Å². The Morgan fingerprint density at radius 2 is 1.88 bits per heavy atom.